The van der Waals surface area contributed by atoms with E-state index in [1.54, 1.807) is 0 Å². The third kappa shape index (κ3) is 4.46. The number of piperidine rings is 1. The van der Waals surface area contributed by atoms with Crippen LogP contribution in [-0.2, 0) is 4.79 Å². The van der Waals surface area contributed by atoms with Gasteiger partial charge in [0.05, 0.1) is 5.41 Å². The Morgan fingerprint density at radius 1 is 1.38 bits per heavy atom. The molecule has 2 N–H and O–H groups in total. The van der Waals surface area contributed by atoms with Gasteiger partial charge in [0.25, 0.3) is 0 Å². The first-order valence-electron chi connectivity index (χ1n) is 7.87. The fourth-order valence-corrected chi connectivity index (χ4v) is 2.79. The second-order valence-corrected chi connectivity index (χ2v) is 6.21. The molecule has 0 radical (unpaired) electrons. The summed E-state index contributed by atoms with van der Waals surface area (Å²) < 4.78 is 0. The van der Waals surface area contributed by atoms with Gasteiger partial charge in [-0.15, -0.1) is 0 Å². The first kappa shape index (κ1) is 15.8. The average Bonchev–Trinajstić information content (AvgIpc) is 2.52. The molecule has 21 heavy (non-hydrogen) atoms. The molecule has 1 saturated heterocycles. The maximum absolute atomic E-state index is 12.3. The van der Waals surface area contributed by atoms with Crippen molar-refractivity contribution in [3.8, 4) is 0 Å². The van der Waals surface area contributed by atoms with E-state index in [0.29, 0.717) is 0 Å². The Balaban J connectivity index is 1.68. The van der Waals surface area contributed by atoms with Gasteiger partial charge in [-0.2, -0.15) is 0 Å². The Kier molecular flexibility index (Phi) is 5.62. The summed E-state index contributed by atoms with van der Waals surface area (Å²) in [6.07, 6.45) is 3.02. The zero-order chi connectivity index (χ0) is 15.1. The van der Waals surface area contributed by atoms with Gasteiger partial charge in [-0.25, -0.2) is 0 Å². The van der Waals surface area contributed by atoms with Crippen molar-refractivity contribution in [2.24, 2.45) is 5.41 Å². The number of anilines is 1. The Labute approximate surface area is 127 Å². The van der Waals surface area contributed by atoms with E-state index in [-0.39, 0.29) is 11.3 Å². The highest BCUT2D eigenvalue weighted by Crippen LogP contribution is 2.25. The number of carbonyl (C=O) groups is 1. The second-order valence-electron chi connectivity index (χ2n) is 6.21. The number of amides is 1. The number of hydrogen-bond donors (Lipinski definition) is 2. The fourth-order valence-electron chi connectivity index (χ4n) is 2.79. The van der Waals surface area contributed by atoms with E-state index in [0.717, 1.165) is 45.4 Å². The van der Waals surface area contributed by atoms with Crippen molar-refractivity contribution >= 4 is 11.6 Å². The minimum absolute atomic E-state index is 0.192. The lowest BCUT2D eigenvalue weighted by Gasteiger charge is -2.32. The van der Waals surface area contributed by atoms with E-state index < -0.39 is 0 Å². The van der Waals surface area contributed by atoms with Crippen LogP contribution in [0.4, 0.5) is 5.69 Å². The highest BCUT2D eigenvalue weighted by atomic mass is 16.2. The third-order valence-corrected chi connectivity index (χ3v) is 4.30. The first-order valence-corrected chi connectivity index (χ1v) is 7.87. The molecule has 1 aliphatic rings. The van der Waals surface area contributed by atoms with Gasteiger partial charge in [0, 0.05) is 32.4 Å². The summed E-state index contributed by atoms with van der Waals surface area (Å²) in [6, 6.07) is 10.3. The van der Waals surface area contributed by atoms with E-state index in [1.807, 2.05) is 18.2 Å². The van der Waals surface area contributed by atoms with Crippen LogP contribution in [0.5, 0.6) is 0 Å². The Morgan fingerprint density at radius 2 is 2.14 bits per heavy atom. The molecule has 1 aromatic carbocycles. The fraction of sp³-hybridized carbons (Fsp3) is 0.588. The Hall–Kier alpha value is -1.55. The number of rotatable bonds is 6. The maximum atomic E-state index is 12.3. The number of para-hydroxylation sites is 1. The van der Waals surface area contributed by atoms with Crippen molar-refractivity contribution in [3.63, 3.8) is 0 Å². The van der Waals surface area contributed by atoms with Gasteiger partial charge in [-0.3, -0.25) is 4.79 Å². The zero-order valence-electron chi connectivity index (χ0n) is 13.2. The molecule has 116 valence electrons. The standard InChI is InChI=1S/C17H27N3O/c1-17(10-6-11-18-14-17)16(21)19-12-7-13-20(2)15-8-4-3-5-9-15/h3-5,8-9,18H,6-7,10-14H2,1-2H3,(H,19,21). The molecule has 1 unspecified atom stereocenters. The molecule has 1 amide bonds. The van der Waals surface area contributed by atoms with Crippen molar-refractivity contribution in [3.05, 3.63) is 30.3 Å². The minimum atomic E-state index is -0.233. The molecular formula is C17H27N3O. The summed E-state index contributed by atoms with van der Waals surface area (Å²) in [5, 5.41) is 6.41. The number of carbonyl (C=O) groups excluding carboxylic acids is 1. The number of benzene rings is 1. The van der Waals surface area contributed by atoms with Crippen molar-refractivity contribution in [2.45, 2.75) is 26.2 Å². The largest absolute Gasteiger partial charge is 0.375 e. The second kappa shape index (κ2) is 7.46. The van der Waals surface area contributed by atoms with Crippen molar-refractivity contribution in [1.29, 1.82) is 0 Å². The van der Waals surface area contributed by atoms with Crippen LogP contribution in [0.15, 0.2) is 30.3 Å². The highest BCUT2D eigenvalue weighted by molar-refractivity contribution is 5.82. The van der Waals surface area contributed by atoms with Crippen LogP contribution in [0.2, 0.25) is 0 Å². The van der Waals surface area contributed by atoms with Crippen LogP contribution in [0.25, 0.3) is 0 Å². The van der Waals surface area contributed by atoms with Crippen LogP contribution in [0.1, 0.15) is 26.2 Å². The molecule has 4 nitrogen and oxygen atoms in total. The molecule has 1 heterocycles. The lowest BCUT2D eigenvalue weighted by atomic mass is 9.82. The van der Waals surface area contributed by atoms with Crippen LogP contribution in [0.3, 0.4) is 0 Å². The molecule has 4 heteroatoms. The summed E-state index contributed by atoms with van der Waals surface area (Å²) >= 11 is 0. The van der Waals surface area contributed by atoms with Gasteiger partial charge in [-0.05, 0) is 44.9 Å². The van der Waals surface area contributed by atoms with E-state index in [9.17, 15) is 4.79 Å². The molecule has 0 spiro atoms. The number of nitrogens with one attached hydrogen (secondary N) is 2. The van der Waals surface area contributed by atoms with Crippen LogP contribution < -0.4 is 15.5 Å². The first-order chi connectivity index (χ1) is 10.1. The summed E-state index contributed by atoms with van der Waals surface area (Å²) in [7, 11) is 2.09. The van der Waals surface area contributed by atoms with Crippen molar-refractivity contribution < 1.29 is 4.79 Å². The number of nitrogens with zero attached hydrogens (tertiary/aromatic N) is 1. The molecule has 1 aliphatic heterocycles. The predicted molar refractivity (Wildman–Crippen MR) is 87.5 cm³/mol. The lowest BCUT2D eigenvalue weighted by molar-refractivity contribution is -0.131. The van der Waals surface area contributed by atoms with Gasteiger partial charge >= 0.3 is 0 Å². The SMILES string of the molecule is CN(CCCNC(=O)C1(C)CCCNC1)c1ccccc1. The third-order valence-electron chi connectivity index (χ3n) is 4.30. The normalized spacial score (nSPS) is 21.8. The maximum Gasteiger partial charge on any atom is 0.227 e. The minimum Gasteiger partial charge on any atom is -0.375 e. The molecule has 0 aliphatic carbocycles. The average molecular weight is 289 g/mol. The number of hydrogen-bond acceptors (Lipinski definition) is 3. The van der Waals surface area contributed by atoms with E-state index in [1.165, 1.54) is 5.69 Å². The van der Waals surface area contributed by atoms with Gasteiger partial charge in [0.2, 0.25) is 5.91 Å². The molecule has 0 aromatic heterocycles. The Bertz CT molecular complexity index is 441. The monoisotopic (exact) mass is 289 g/mol. The topological polar surface area (TPSA) is 44.4 Å². The molecule has 1 atom stereocenters. The molecule has 0 bridgehead atoms. The molecule has 0 saturated carbocycles. The summed E-state index contributed by atoms with van der Waals surface area (Å²) in [5.41, 5.74) is 0.983. The van der Waals surface area contributed by atoms with Gasteiger partial charge < -0.3 is 15.5 Å². The van der Waals surface area contributed by atoms with Gasteiger partial charge in [0.1, 0.15) is 0 Å². The van der Waals surface area contributed by atoms with Gasteiger partial charge in [-0.1, -0.05) is 18.2 Å². The smallest absolute Gasteiger partial charge is 0.227 e. The molecule has 2 rings (SSSR count). The predicted octanol–water partition coefficient (Wildman–Crippen LogP) is 2.02. The van der Waals surface area contributed by atoms with Crippen LogP contribution in [-0.4, -0.2) is 39.1 Å². The Morgan fingerprint density at radius 3 is 2.81 bits per heavy atom. The lowest BCUT2D eigenvalue weighted by Crippen LogP contribution is -2.49. The zero-order valence-corrected chi connectivity index (χ0v) is 13.2. The molecule has 1 fully saturated rings. The molecule has 1 aromatic rings. The highest BCUT2D eigenvalue weighted by Gasteiger charge is 2.34. The van der Waals surface area contributed by atoms with E-state index in [4.69, 9.17) is 0 Å². The quantitative estimate of drug-likeness (QED) is 0.788. The summed E-state index contributed by atoms with van der Waals surface area (Å²) in [5.74, 6) is 0.192. The van der Waals surface area contributed by atoms with Crippen molar-refractivity contribution in [1.82, 2.24) is 10.6 Å². The van der Waals surface area contributed by atoms with E-state index >= 15 is 0 Å². The summed E-state index contributed by atoms with van der Waals surface area (Å²) in [6.45, 7) is 5.57. The summed E-state index contributed by atoms with van der Waals surface area (Å²) in [4.78, 5) is 14.5. The molecular weight excluding hydrogens is 262 g/mol. The van der Waals surface area contributed by atoms with Crippen LogP contribution >= 0.6 is 0 Å². The van der Waals surface area contributed by atoms with Crippen LogP contribution in [0, 0.1) is 5.41 Å². The van der Waals surface area contributed by atoms with Gasteiger partial charge in [0.15, 0.2) is 0 Å². The van der Waals surface area contributed by atoms with Crippen molar-refractivity contribution in [2.75, 3.05) is 38.1 Å². The van der Waals surface area contributed by atoms with E-state index in [2.05, 4.69) is 41.6 Å².